The maximum Gasteiger partial charge on any atom is 0.410 e. The number of hydrogen-bond donors (Lipinski definition) is 1. The van der Waals surface area contributed by atoms with E-state index >= 15 is 0 Å². The third-order valence-electron chi connectivity index (χ3n) is 3.36. The van der Waals surface area contributed by atoms with Crippen LogP contribution in [0.2, 0.25) is 0 Å². The molecule has 1 aliphatic heterocycles. The summed E-state index contributed by atoms with van der Waals surface area (Å²) in [4.78, 5) is 12.6. The summed E-state index contributed by atoms with van der Waals surface area (Å²) in [6, 6.07) is 6.05. The standard InChI is InChI=1S/C15H19NO6S/c1-15(2)16(14(17)18)12(10-21-15)7-4-11-5-8-13(9-6-11)22-23(3,19)20/h4-9,12H,10H2,1-3H3,(H,17,18)/b7-4+/t12-/m0/s1. The van der Waals surface area contributed by atoms with E-state index in [2.05, 4.69) is 0 Å². The van der Waals surface area contributed by atoms with Crippen LogP contribution in [0.1, 0.15) is 19.4 Å². The van der Waals surface area contributed by atoms with Crippen LogP contribution >= 0.6 is 0 Å². The van der Waals surface area contributed by atoms with E-state index in [0.717, 1.165) is 11.8 Å². The zero-order valence-corrected chi connectivity index (χ0v) is 13.9. The van der Waals surface area contributed by atoms with Gasteiger partial charge >= 0.3 is 16.2 Å². The van der Waals surface area contributed by atoms with Gasteiger partial charge in [-0.3, -0.25) is 4.90 Å². The van der Waals surface area contributed by atoms with Crippen LogP contribution in [-0.4, -0.2) is 49.1 Å². The Morgan fingerprint density at radius 1 is 1.39 bits per heavy atom. The fraction of sp³-hybridized carbons (Fsp3) is 0.400. The summed E-state index contributed by atoms with van der Waals surface area (Å²) >= 11 is 0. The second-order valence-corrected chi connectivity index (χ2v) is 7.27. The minimum absolute atomic E-state index is 0.224. The number of carbonyl (C=O) groups is 1. The molecule has 0 unspecified atom stereocenters. The summed E-state index contributed by atoms with van der Waals surface area (Å²) in [5.74, 6) is 0.224. The number of nitrogens with zero attached hydrogens (tertiary/aromatic N) is 1. The molecule has 1 saturated heterocycles. The molecule has 0 aliphatic carbocycles. The zero-order chi connectivity index (χ0) is 17.3. The van der Waals surface area contributed by atoms with E-state index in [1.807, 2.05) is 0 Å². The van der Waals surface area contributed by atoms with Crippen LogP contribution in [0.25, 0.3) is 6.08 Å². The van der Waals surface area contributed by atoms with Gasteiger partial charge in [0.25, 0.3) is 0 Å². The topological polar surface area (TPSA) is 93.1 Å². The van der Waals surface area contributed by atoms with Gasteiger partial charge in [0.1, 0.15) is 11.5 Å². The van der Waals surface area contributed by atoms with Crippen molar-refractivity contribution in [3.05, 3.63) is 35.9 Å². The van der Waals surface area contributed by atoms with Crippen LogP contribution in [0.15, 0.2) is 30.3 Å². The van der Waals surface area contributed by atoms with Gasteiger partial charge < -0.3 is 14.0 Å². The number of ether oxygens (including phenoxy) is 1. The molecular formula is C15H19NO6S. The third-order valence-corrected chi connectivity index (χ3v) is 3.86. The smallest absolute Gasteiger partial charge is 0.410 e. The second-order valence-electron chi connectivity index (χ2n) is 5.69. The van der Waals surface area contributed by atoms with Gasteiger partial charge in [-0.15, -0.1) is 0 Å². The highest BCUT2D eigenvalue weighted by Crippen LogP contribution is 2.28. The fourth-order valence-electron chi connectivity index (χ4n) is 2.38. The molecule has 1 aliphatic rings. The van der Waals surface area contributed by atoms with Crippen LogP contribution in [-0.2, 0) is 14.9 Å². The predicted molar refractivity (Wildman–Crippen MR) is 84.6 cm³/mol. The van der Waals surface area contributed by atoms with Gasteiger partial charge in [-0.1, -0.05) is 24.3 Å². The van der Waals surface area contributed by atoms with Crippen molar-refractivity contribution in [3.8, 4) is 5.75 Å². The van der Waals surface area contributed by atoms with Crippen LogP contribution in [0.4, 0.5) is 4.79 Å². The molecule has 0 radical (unpaired) electrons. The Kier molecular flexibility index (Phi) is 4.67. The number of rotatable bonds is 4. The van der Waals surface area contributed by atoms with Gasteiger partial charge in [-0.2, -0.15) is 8.42 Å². The van der Waals surface area contributed by atoms with E-state index in [1.54, 1.807) is 38.1 Å². The summed E-state index contributed by atoms with van der Waals surface area (Å²) < 4.78 is 32.3. The Morgan fingerprint density at radius 3 is 2.52 bits per heavy atom. The molecule has 1 aromatic rings. The van der Waals surface area contributed by atoms with Gasteiger partial charge in [0.15, 0.2) is 0 Å². The van der Waals surface area contributed by atoms with E-state index in [-0.39, 0.29) is 18.4 Å². The average molecular weight is 341 g/mol. The number of hydrogen-bond acceptors (Lipinski definition) is 5. The fourth-order valence-corrected chi connectivity index (χ4v) is 2.84. The molecule has 0 bridgehead atoms. The molecule has 126 valence electrons. The number of benzene rings is 1. The van der Waals surface area contributed by atoms with Crippen LogP contribution in [0.3, 0.4) is 0 Å². The molecule has 0 saturated carbocycles. The average Bonchev–Trinajstić information content (AvgIpc) is 2.71. The monoisotopic (exact) mass is 341 g/mol. The molecule has 23 heavy (non-hydrogen) atoms. The molecule has 1 heterocycles. The van der Waals surface area contributed by atoms with E-state index in [4.69, 9.17) is 8.92 Å². The van der Waals surface area contributed by atoms with E-state index in [9.17, 15) is 18.3 Å². The SMILES string of the molecule is CC1(C)OC[C@H](/C=C/c2ccc(OS(C)(=O)=O)cc2)N1C(=O)O. The number of carboxylic acid groups (broad SMARTS) is 1. The van der Waals surface area contributed by atoms with Crippen LogP contribution in [0.5, 0.6) is 5.75 Å². The predicted octanol–water partition coefficient (Wildman–Crippen LogP) is 2.15. The van der Waals surface area contributed by atoms with Crippen molar-refractivity contribution in [2.75, 3.05) is 12.9 Å². The van der Waals surface area contributed by atoms with E-state index < -0.39 is 21.9 Å². The zero-order valence-electron chi connectivity index (χ0n) is 13.1. The molecule has 1 atom stereocenters. The Balaban J connectivity index is 2.10. The summed E-state index contributed by atoms with van der Waals surface area (Å²) in [6.45, 7) is 3.68. The first-order valence-corrected chi connectivity index (χ1v) is 8.74. The van der Waals surface area contributed by atoms with Gasteiger partial charge in [0.05, 0.1) is 18.9 Å². The van der Waals surface area contributed by atoms with Crippen LogP contribution < -0.4 is 4.18 Å². The van der Waals surface area contributed by atoms with Gasteiger partial charge in [-0.25, -0.2) is 4.79 Å². The quantitative estimate of drug-likeness (QED) is 0.844. The maximum atomic E-state index is 11.4. The lowest BCUT2D eigenvalue weighted by molar-refractivity contribution is -0.0409. The minimum atomic E-state index is -3.55. The summed E-state index contributed by atoms with van der Waals surface area (Å²) in [6.07, 6.45) is 3.44. The molecular weight excluding hydrogens is 322 g/mol. The molecule has 0 spiro atoms. The molecule has 1 aromatic carbocycles. The summed E-state index contributed by atoms with van der Waals surface area (Å²) in [5, 5.41) is 9.30. The molecule has 2 rings (SSSR count). The molecule has 0 aromatic heterocycles. The number of amides is 1. The lowest BCUT2D eigenvalue weighted by Gasteiger charge is -2.29. The van der Waals surface area contributed by atoms with Gasteiger partial charge in [0.2, 0.25) is 0 Å². The van der Waals surface area contributed by atoms with Crippen molar-refractivity contribution in [1.82, 2.24) is 4.90 Å². The normalized spacial score (nSPS) is 20.8. The minimum Gasteiger partial charge on any atom is -0.465 e. The third kappa shape index (κ3) is 4.46. The van der Waals surface area contributed by atoms with Crippen molar-refractivity contribution in [2.45, 2.75) is 25.6 Å². The molecule has 1 N–H and O–H groups in total. The largest absolute Gasteiger partial charge is 0.465 e. The molecule has 7 nitrogen and oxygen atoms in total. The Hall–Kier alpha value is -2.06. The van der Waals surface area contributed by atoms with Gasteiger partial charge in [0, 0.05) is 0 Å². The lowest BCUT2D eigenvalue weighted by Crippen LogP contribution is -2.46. The highest BCUT2D eigenvalue weighted by Gasteiger charge is 2.42. The first-order valence-electron chi connectivity index (χ1n) is 6.92. The Morgan fingerprint density at radius 2 is 2.00 bits per heavy atom. The van der Waals surface area contributed by atoms with Crippen molar-refractivity contribution < 1.29 is 27.2 Å². The molecule has 8 heteroatoms. The first-order chi connectivity index (χ1) is 10.6. The van der Waals surface area contributed by atoms with Crippen molar-refractivity contribution >= 4 is 22.3 Å². The summed E-state index contributed by atoms with van der Waals surface area (Å²) in [5.41, 5.74) is -0.0745. The summed E-state index contributed by atoms with van der Waals surface area (Å²) in [7, 11) is -3.55. The van der Waals surface area contributed by atoms with Gasteiger partial charge in [-0.05, 0) is 31.5 Å². The molecule has 1 amide bonds. The lowest BCUT2D eigenvalue weighted by atomic mass is 10.1. The van der Waals surface area contributed by atoms with Crippen molar-refractivity contribution in [3.63, 3.8) is 0 Å². The van der Waals surface area contributed by atoms with Crippen molar-refractivity contribution in [1.29, 1.82) is 0 Å². The van der Waals surface area contributed by atoms with E-state index in [1.165, 1.54) is 17.0 Å². The second kappa shape index (κ2) is 6.21. The van der Waals surface area contributed by atoms with Crippen LogP contribution in [0, 0.1) is 0 Å². The van der Waals surface area contributed by atoms with Crippen molar-refractivity contribution in [2.24, 2.45) is 0 Å². The highest BCUT2D eigenvalue weighted by molar-refractivity contribution is 7.86. The van der Waals surface area contributed by atoms with E-state index in [0.29, 0.717) is 0 Å². The first kappa shape index (κ1) is 17.3. The molecule has 1 fully saturated rings. The highest BCUT2D eigenvalue weighted by atomic mass is 32.2. The maximum absolute atomic E-state index is 11.4. The Labute approximate surface area is 135 Å². The Bertz CT molecular complexity index is 708.